The van der Waals surface area contributed by atoms with Crippen molar-refractivity contribution in [2.75, 3.05) is 25.0 Å². The molecule has 1 aliphatic heterocycles. The third kappa shape index (κ3) is 4.55. The Labute approximate surface area is 163 Å². The van der Waals surface area contributed by atoms with Gasteiger partial charge in [-0.15, -0.1) is 0 Å². The monoisotopic (exact) mass is 377 g/mol. The van der Waals surface area contributed by atoms with Crippen molar-refractivity contribution in [1.82, 2.24) is 20.1 Å². The summed E-state index contributed by atoms with van der Waals surface area (Å²) in [7, 11) is 0. The number of amides is 1. The first-order valence-corrected chi connectivity index (χ1v) is 9.47. The highest BCUT2D eigenvalue weighted by molar-refractivity contribution is 5.93. The van der Waals surface area contributed by atoms with Crippen LogP contribution in [0.3, 0.4) is 0 Å². The average molecular weight is 377 g/mol. The molecule has 1 aromatic heterocycles. The van der Waals surface area contributed by atoms with E-state index in [1.807, 2.05) is 54.6 Å². The van der Waals surface area contributed by atoms with E-state index < -0.39 is 0 Å². The van der Waals surface area contributed by atoms with Crippen molar-refractivity contribution in [3.63, 3.8) is 0 Å². The van der Waals surface area contributed by atoms with Gasteiger partial charge in [0.2, 0.25) is 5.91 Å². The van der Waals surface area contributed by atoms with E-state index in [2.05, 4.69) is 25.4 Å². The van der Waals surface area contributed by atoms with Gasteiger partial charge in [0.15, 0.2) is 5.75 Å². The molecule has 0 saturated carbocycles. The summed E-state index contributed by atoms with van der Waals surface area (Å²) >= 11 is 0. The maximum absolute atomic E-state index is 12.6. The normalized spacial score (nSPS) is 17.2. The Balaban J connectivity index is 1.37. The second-order valence-electron chi connectivity index (χ2n) is 6.90. The number of carbonyl (C=O) groups excluding carboxylic acids is 1. The standard InChI is InChI=1S/C21H23N5O2/c27-20(14-26-12-6-7-16(13-26)21-22-15-23-25-21)24-18-10-4-5-11-19(18)28-17-8-2-1-3-9-17/h1-5,8-11,15-16H,6-7,12-14H2,(H,24,27)(H,22,23,25)/t16-/m1/s1. The zero-order chi connectivity index (χ0) is 19.2. The Morgan fingerprint density at radius 2 is 2.00 bits per heavy atom. The van der Waals surface area contributed by atoms with Crippen LogP contribution in [-0.4, -0.2) is 45.6 Å². The van der Waals surface area contributed by atoms with Crippen molar-refractivity contribution < 1.29 is 9.53 Å². The van der Waals surface area contributed by atoms with Crippen LogP contribution in [0.4, 0.5) is 5.69 Å². The number of rotatable bonds is 6. The number of anilines is 1. The molecule has 1 fully saturated rings. The maximum atomic E-state index is 12.6. The van der Waals surface area contributed by atoms with Gasteiger partial charge < -0.3 is 10.1 Å². The molecule has 7 heteroatoms. The first kappa shape index (κ1) is 18.2. The van der Waals surface area contributed by atoms with Gasteiger partial charge in [-0.25, -0.2) is 4.98 Å². The molecule has 7 nitrogen and oxygen atoms in total. The summed E-state index contributed by atoms with van der Waals surface area (Å²) < 4.78 is 5.92. The number of aromatic amines is 1. The smallest absolute Gasteiger partial charge is 0.238 e. The number of nitrogens with zero attached hydrogens (tertiary/aromatic N) is 3. The van der Waals surface area contributed by atoms with Crippen LogP contribution >= 0.6 is 0 Å². The van der Waals surface area contributed by atoms with E-state index in [0.717, 1.165) is 37.5 Å². The minimum atomic E-state index is -0.0534. The summed E-state index contributed by atoms with van der Waals surface area (Å²) in [5.41, 5.74) is 0.667. The molecule has 4 rings (SSSR count). The van der Waals surface area contributed by atoms with Crippen LogP contribution in [0.25, 0.3) is 0 Å². The van der Waals surface area contributed by atoms with Crippen LogP contribution in [0.1, 0.15) is 24.6 Å². The van der Waals surface area contributed by atoms with Crippen LogP contribution in [0.2, 0.25) is 0 Å². The van der Waals surface area contributed by atoms with Gasteiger partial charge >= 0.3 is 0 Å². The molecule has 0 unspecified atom stereocenters. The van der Waals surface area contributed by atoms with Gasteiger partial charge in [-0.2, -0.15) is 5.10 Å². The fourth-order valence-corrected chi connectivity index (χ4v) is 3.50. The Bertz CT molecular complexity index is 898. The van der Waals surface area contributed by atoms with Crippen LogP contribution in [0.5, 0.6) is 11.5 Å². The molecule has 0 radical (unpaired) electrons. The topological polar surface area (TPSA) is 83.1 Å². The Morgan fingerprint density at radius 3 is 2.82 bits per heavy atom. The molecule has 0 aliphatic carbocycles. The van der Waals surface area contributed by atoms with Crippen molar-refractivity contribution in [2.45, 2.75) is 18.8 Å². The number of carbonyl (C=O) groups is 1. The number of likely N-dealkylation sites (tertiary alicyclic amines) is 1. The van der Waals surface area contributed by atoms with Gasteiger partial charge in [0.05, 0.1) is 12.2 Å². The van der Waals surface area contributed by atoms with Crippen LogP contribution in [-0.2, 0) is 4.79 Å². The lowest BCUT2D eigenvalue weighted by Gasteiger charge is -2.31. The molecule has 1 saturated heterocycles. The molecule has 28 heavy (non-hydrogen) atoms. The Morgan fingerprint density at radius 1 is 1.18 bits per heavy atom. The maximum Gasteiger partial charge on any atom is 0.238 e. The lowest BCUT2D eigenvalue weighted by atomic mass is 9.97. The number of ether oxygens (including phenoxy) is 1. The minimum absolute atomic E-state index is 0.0534. The first-order valence-electron chi connectivity index (χ1n) is 9.47. The molecular weight excluding hydrogens is 354 g/mol. The molecule has 2 heterocycles. The van der Waals surface area contributed by atoms with E-state index in [9.17, 15) is 4.79 Å². The summed E-state index contributed by atoms with van der Waals surface area (Å²) in [4.78, 5) is 19.1. The van der Waals surface area contributed by atoms with Crippen molar-refractivity contribution in [3.8, 4) is 11.5 Å². The summed E-state index contributed by atoms with van der Waals surface area (Å²) in [5, 5.41) is 9.87. The fraction of sp³-hybridized carbons (Fsp3) is 0.286. The molecular formula is C21H23N5O2. The van der Waals surface area contributed by atoms with E-state index in [0.29, 0.717) is 18.0 Å². The SMILES string of the molecule is O=C(CN1CCC[C@@H](c2ncn[nH]2)C1)Nc1ccccc1Oc1ccccc1. The number of benzene rings is 2. The second kappa shape index (κ2) is 8.67. The molecule has 1 aliphatic rings. The molecule has 1 atom stereocenters. The summed E-state index contributed by atoms with van der Waals surface area (Å²) in [6.45, 7) is 2.04. The highest BCUT2D eigenvalue weighted by atomic mass is 16.5. The van der Waals surface area contributed by atoms with Gasteiger partial charge in [0.25, 0.3) is 0 Å². The average Bonchev–Trinajstić information content (AvgIpc) is 3.25. The van der Waals surface area contributed by atoms with Crippen LogP contribution < -0.4 is 10.1 Å². The number of nitrogens with one attached hydrogen (secondary N) is 2. The summed E-state index contributed by atoms with van der Waals surface area (Å²) in [5.74, 6) is 2.49. The number of hydrogen-bond acceptors (Lipinski definition) is 5. The third-order valence-corrected chi connectivity index (χ3v) is 4.83. The molecule has 1 amide bonds. The number of piperidine rings is 1. The van der Waals surface area contributed by atoms with Gasteiger partial charge in [-0.1, -0.05) is 30.3 Å². The molecule has 3 aromatic rings. The first-order chi connectivity index (χ1) is 13.8. The summed E-state index contributed by atoms with van der Waals surface area (Å²) in [6.07, 6.45) is 3.62. The van der Waals surface area contributed by atoms with Crippen molar-refractivity contribution in [2.24, 2.45) is 0 Å². The predicted molar refractivity (Wildman–Crippen MR) is 106 cm³/mol. The van der Waals surface area contributed by atoms with Gasteiger partial charge in [0.1, 0.15) is 17.9 Å². The van der Waals surface area contributed by atoms with Crippen LogP contribution in [0.15, 0.2) is 60.9 Å². The third-order valence-electron chi connectivity index (χ3n) is 4.83. The molecule has 2 N–H and O–H groups in total. The van der Waals surface area contributed by atoms with E-state index in [4.69, 9.17) is 4.74 Å². The quantitative estimate of drug-likeness (QED) is 0.688. The van der Waals surface area contributed by atoms with Gasteiger partial charge in [-0.3, -0.25) is 14.8 Å². The highest BCUT2D eigenvalue weighted by Gasteiger charge is 2.24. The molecule has 0 bridgehead atoms. The predicted octanol–water partition coefficient (Wildman–Crippen LogP) is 3.42. The molecule has 0 spiro atoms. The van der Waals surface area contributed by atoms with Crippen molar-refractivity contribution in [1.29, 1.82) is 0 Å². The molecule has 144 valence electrons. The number of para-hydroxylation sites is 3. The lowest BCUT2D eigenvalue weighted by Crippen LogP contribution is -2.40. The molecule has 2 aromatic carbocycles. The van der Waals surface area contributed by atoms with Gasteiger partial charge in [-0.05, 0) is 43.7 Å². The second-order valence-corrected chi connectivity index (χ2v) is 6.90. The summed E-state index contributed by atoms with van der Waals surface area (Å²) in [6, 6.07) is 17.0. The van der Waals surface area contributed by atoms with Crippen LogP contribution in [0, 0.1) is 0 Å². The fourth-order valence-electron chi connectivity index (χ4n) is 3.50. The number of hydrogen-bond donors (Lipinski definition) is 2. The zero-order valence-corrected chi connectivity index (χ0v) is 15.5. The Hall–Kier alpha value is -3.19. The lowest BCUT2D eigenvalue weighted by molar-refractivity contribution is -0.117. The van der Waals surface area contributed by atoms with Gasteiger partial charge in [0, 0.05) is 12.5 Å². The highest BCUT2D eigenvalue weighted by Crippen LogP contribution is 2.29. The number of aromatic nitrogens is 3. The zero-order valence-electron chi connectivity index (χ0n) is 15.5. The van der Waals surface area contributed by atoms with Crippen molar-refractivity contribution >= 4 is 11.6 Å². The van der Waals surface area contributed by atoms with E-state index in [-0.39, 0.29) is 11.8 Å². The largest absolute Gasteiger partial charge is 0.455 e. The number of H-pyrrole nitrogens is 1. The van der Waals surface area contributed by atoms with Crippen molar-refractivity contribution in [3.05, 3.63) is 66.7 Å². The minimum Gasteiger partial charge on any atom is -0.455 e. The van der Waals surface area contributed by atoms with E-state index in [1.165, 1.54) is 6.33 Å². The Kier molecular flexibility index (Phi) is 5.63. The van der Waals surface area contributed by atoms with E-state index in [1.54, 1.807) is 0 Å². The van der Waals surface area contributed by atoms with E-state index >= 15 is 0 Å².